The first kappa shape index (κ1) is 25.2. The lowest BCUT2D eigenvalue weighted by atomic mass is 9.97. The number of nitrogens with one attached hydrogen (secondary N) is 2. The molecule has 0 saturated carbocycles. The molecule has 2 N–H and O–H groups in total. The maximum absolute atomic E-state index is 13.5. The number of H-pyrrole nitrogens is 1. The van der Waals surface area contributed by atoms with Crippen LogP contribution in [0.3, 0.4) is 0 Å². The normalized spacial score (nSPS) is 13.3. The molecule has 1 aromatic heterocycles. The molecule has 4 nitrogen and oxygen atoms in total. The standard InChI is InChI=1S/C31H32F2N2O2/c1-3-20-13-23-15-27(16-24(23)14-21(20)4-2)34-10-9-22-5-7-29(31-28(22)6-8-30(36)35-31)37-18-19-11-25(32)17-26(33)12-19/h5-8,11-14,17,27,34H,3-4,9-10,15-16,18H2,1-2H3,(H,35,36). The number of aryl methyl sites for hydroxylation is 2. The first-order valence-electron chi connectivity index (χ1n) is 13.0. The molecule has 0 fully saturated rings. The minimum absolute atomic E-state index is 0.0106. The van der Waals surface area contributed by atoms with E-state index in [9.17, 15) is 13.6 Å². The molecule has 0 atom stereocenters. The highest BCUT2D eigenvalue weighted by molar-refractivity contribution is 5.87. The number of ether oxygens (including phenoxy) is 1. The Morgan fingerprint density at radius 2 is 1.57 bits per heavy atom. The minimum Gasteiger partial charge on any atom is -0.487 e. The highest BCUT2D eigenvalue weighted by Gasteiger charge is 2.22. The monoisotopic (exact) mass is 502 g/mol. The Labute approximate surface area is 215 Å². The second-order valence-corrected chi connectivity index (χ2v) is 9.81. The molecule has 3 aromatic carbocycles. The molecule has 4 aromatic rings. The van der Waals surface area contributed by atoms with Crippen molar-refractivity contribution in [3.05, 3.63) is 110 Å². The van der Waals surface area contributed by atoms with Crippen molar-refractivity contribution >= 4 is 10.9 Å². The van der Waals surface area contributed by atoms with Crippen molar-refractivity contribution < 1.29 is 13.5 Å². The van der Waals surface area contributed by atoms with Gasteiger partial charge in [-0.2, -0.15) is 0 Å². The SMILES string of the molecule is CCc1cc2c(cc1CC)CC(NCCc1ccc(OCc3cc(F)cc(F)c3)c3[nH]c(=O)ccc13)C2. The predicted octanol–water partition coefficient (Wildman–Crippen LogP) is 5.81. The lowest BCUT2D eigenvalue weighted by molar-refractivity contribution is 0.308. The van der Waals surface area contributed by atoms with E-state index in [1.54, 1.807) is 0 Å². The van der Waals surface area contributed by atoms with Crippen LogP contribution >= 0.6 is 0 Å². The Hall–Kier alpha value is -3.51. The summed E-state index contributed by atoms with van der Waals surface area (Å²) in [4.78, 5) is 14.9. The number of hydrogen-bond donors (Lipinski definition) is 2. The summed E-state index contributed by atoms with van der Waals surface area (Å²) in [7, 11) is 0. The summed E-state index contributed by atoms with van der Waals surface area (Å²) in [6.45, 7) is 5.25. The molecule has 1 aliphatic carbocycles. The number of benzene rings is 3. The second-order valence-electron chi connectivity index (χ2n) is 9.81. The number of aromatic nitrogens is 1. The maximum Gasteiger partial charge on any atom is 0.248 e. The van der Waals surface area contributed by atoms with Crippen LogP contribution in [-0.4, -0.2) is 17.6 Å². The van der Waals surface area contributed by atoms with Gasteiger partial charge in [-0.3, -0.25) is 4.79 Å². The summed E-state index contributed by atoms with van der Waals surface area (Å²) >= 11 is 0. The number of fused-ring (bicyclic) bond motifs is 2. The van der Waals surface area contributed by atoms with E-state index in [-0.39, 0.29) is 12.2 Å². The maximum atomic E-state index is 13.5. The first-order chi connectivity index (χ1) is 17.9. The van der Waals surface area contributed by atoms with Gasteiger partial charge in [0.15, 0.2) is 0 Å². The molecule has 5 rings (SSSR count). The first-order valence-corrected chi connectivity index (χ1v) is 13.0. The molecule has 37 heavy (non-hydrogen) atoms. The van der Waals surface area contributed by atoms with Crippen molar-refractivity contribution in [2.75, 3.05) is 6.54 Å². The molecule has 0 spiro atoms. The highest BCUT2D eigenvalue weighted by atomic mass is 19.1. The quantitative estimate of drug-likeness (QED) is 0.304. The van der Waals surface area contributed by atoms with Crippen molar-refractivity contribution in [3.8, 4) is 5.75 Å². The third-order valence-electron chi connectivity index (χ3n) is 7.31. The minimum atomic E-state index is -0.651. The lowest BCUT2D eigenvalue weighted by Crippen LogP contribution is -2.31. The number of pyridine rings is 1. The number of hydrogen-bond acceptors (Lipinski definition) is 3. The molecule has 0 bridgehead atoms. The largest absolute Gasteiger partial charge is 0.487 e. The molecular weight excluding hydrogens is 470 g/mol. The third-order valence-corrected chi connectivity index (χ3v) is 7.31. The number of halogens is 2. The zero-order valence-electron chi connectivity index (χ0n) is 21.3. The van der Waals surface area contributed by atoms with Crippen LogP contribution < -0.4 is 15.6 Å². The Morgan fingerprint density at radius 1 is 0.892 bits per heavy atom. The van der Waals surface area contributed by atoms with Crippen LogP contribution in [0.1, 0.15) is 47.2 Å². The van der Waals surface area contributed by atoms with Gasteiger partial charge in [0, 0.05) is 23.6 Å². The van der Waals surface area contributed by atoms with E-state index < -0.39 is 11.6 Å². The molecule has 0 aliphatic heterocycles. The van der Waals surface area contributed by atoms with E-state index in [2.05, 4.69) is 36.3 Å². The Kier molecular flexibility index (Phi) is 7.38. The summed E-state index contributed by atoms with van der Waals surface area (Å²) < 4.78 is 32.9. The van der Waals surface area contributed by atoms with Crippen LogP contribution in [0.5, 0.6) is 5.75 Å². The molecular formula is C31H32F2N2O2. The molecule has 1 heterocycles. The van der Waals surface area contributed by atoms with Gasteiger partial charge < -0.3 is 15.0 Å². The average Bonchev–Trinajstić information content (AvgIpc) is 3.28. The summed E-state index contributed by atoms with van der Waals surface area (Å²) in [5, 5.41) is 4.63. The number of aromatic amines is 1. The van der Waals surface area contributed by atoms with Crippen molar-refractivity contribution in [1.82, 2.24) is 10.3 Å². The van der Waals surface area contributed by atoms with Crippen LogP contribution in [0, 0.1) is 11.6 Å². The van der Waals surface area contributed by atoms with Crippen molar-refractivity contribution in [2.45, 2.75) is 58.6 Å². The van der Waals surface area contributed by atoms with Crippen molar-refractivity contribution in [1.29, 1.82) is 0 Å². The molecule has 1 aliphatic rings. The van der Waals surface area contributed by atoms with Gasteiger partial charge in [-0.15, -0.1) is 0 Å². The third kappa shape index (κ3) is 5.59. The summed E-state index contributed by atoms with van der Waals surface area (Å²) in [6.07, 6.45) is 5.04. The fraction of sp³-hybridized carbons (Fsp3) is 0.323. The van der Waals surface area contributed by atoms with E-state index in [1.165, 1.54) is 40.5 Å². The average molecular weight is 503 g/mol. The van der Waals surface area contributed by atoms with Crippen LogP contribution in [0.25, 0.3) is 10.9 Å². The Balaban J connectivity index is 1.27. The second kappa shape index (κ2) is 10.9. The molecule has 0 saturated heterocycles. The van der Waals surface area contributed by atoms with Crippen molar-refractivity contribution in [3.63, 3.8) is 0 Å². The van der Waals surface area contributed by atoms with Crippen LogP contribution in [0.15, 0.2) is 59.4 Å². The highest BCUT2D eigenvalue weighted by Crippen LogP contribution is 2.29. The van der Waals surface area contributed by atoms with Gasteiger partial charge >= 0.3 is 0 Å². The van der Waals surface area contributed by atoms with E-state index in [0.717, 1.165) is 55.7 Å². The van der Waals surface area contributed by atoms with Gasteiger partial charge in [-0.05, 0) is 96.3 Å². The van der Waals surface area contributed by atoms with Gasteiger partial charge in [0.05, 0.1) is 5.52 Å². The zero-order chi connectivity index (χ0) is 25.9. The van der Waals surface area contributed by atoms with E-state index in [0.29, 0.717) is 22.9 Å². The van der Waals surface area contributed by atoms with E-state index >= 15 is 0 Å². The topological polar surface area (TPSA) is 54.1 Å². The van der Waals surface area contributed by atoms with E-state index in [1.807, 2.05) is 18.2 Å². The molecule has 0 radical (unpaired) electrons. The Bertz CT molecular complexity index is 1440. The summed E-state index contributed by atoms with van der Waals surface area (Å²) in [5.74, 6) is -0.831. The van der Waals surface area contributed by atoms with Crippen LogP contribution in [0.2, 0.25) is 0 Å². The smallest absolute Gasteiger partial charge is 0.248 e. The fourth-order valence-corrected chi connectivity index (χ4v) is 5.47. The van der Waals surface area contributed by atoms with Gasteiger partial charge in [0.1, 0.15) is 24.0 Å². The summed E-state index contributed by atoms with van der Waals surface area (Å²) in [5.41, 5.74) is 7.70. The van der Waals surface area contributed by atoms with Crippen LogP contribution in [-0.2, 0) is 38.7 Å². The number of rotatable bonds is 9. The Morgan fingerprint density at radius 3 is 2.22 bits per heavy atom. The molecule has 0 unspecified atom stereocenters. The predicted molar refractivity (Wildman–Crippen MR) is 143 cm³/mol. The summed E-state index contributed by atoms with van der Waals surface area (Å²) in [6, 6.07) is 15.6. The van der Waals surface area contributed by atoms with Gasteiger partial charge in [0.2, 0.25) is 5.56 Å². The van der Waals surface area contributed by atoms with Crippen molar-refractivity contribution in [2.24, 2.45) is 0 Å². The van der Waals surface area contributed by atoms with E-state index in [4.69, 9.17) is 4.74 Å². The molecule has 6 heteroatoms. The van der Waals surface area contributed by atoms with Gasteiger partial charge in [-0.1, -0.05) is 32.0 Å². The molecule has 0 amide bonds. The fourth-order valence-electron chi connectivity index (χ4n) is 5.47. The van der Waals surface area contributed by atoms with Crippen LogP contribution in [0.4, 0.5) is 8.78 Å². The zero-order valence-corrected chi connectivity index (χ0v) is 21.3. The van der Waals surface area contributed by atoms with Gasteiger partial charge in [-0.25, -0.2) is 8.78 Å². The lowest BCUT2D eigenvalue weighted by Gasteiger charge is -2.15. The van der Waals surface area contributed by atoms with Gasteiger partial charge in [0.25, 0.3) is 0 Å². The molecule has 192 valence electrons.